The summed E-state index contributed by atoms with van der Waals surface area (Å²) in [5.74, 6) is 0.0728. The molecule has 6 heteroatoms. The number of carbonyl (C=O) groups is 1. The predicted molar refractivity (Wildman–Crippen MR) is 155 cm³/mol. The molecule has 190 valence electrons. The van der Waals surface area contributed by atoms with Gasteiger partial charge in [0.15, 0.2) is 0 Å². The van der Waals surface area contributed by atoms with Crippen LogP contribution in [-0.2, 0) is 19.4 Å². The number of aryl methyl sites for hydroxylation is 1. The number of para-hydroxylation sites is 1. The first-order chi connectivity index (χ1) is 18.2. The fraction of sp³-hybridized carbons (Fsp3) is 0.355. The van der Waals surface area contributed by atoms with Crippen LogP contribution >= 0.6 is 22.9 Å². The Kier molecular flexibility index (Phi) is 7.16. The molecule has 0 saturated heterocycles. The van der Waals surface area contributed by atoms with Crippen molar-refractivity contribution in [1.82, 2.24) is 9.88 Å². The zero-order valence-corrected chi connectivity index (χ0v) is 22.6. The van der Waals surface area contributed by atoms with Crippen LogP contribution in [-0.4, -0.2) is 22.7 Å². The third-order valence-electron chi connectivity index (χ3n) is 7.73. The van der Waals surface area contributed by atoms with Gasteiger partial charge in [-0.2, -0.15) is 0 Å². The molecule has 1 fully saturated rings. The van der Waals surface area contributed by atoms with Gasteiger partial charge < -0.3 is 9.88 Å². The lowest BCUT2D eigenvalue weighted by atomic mass is 9.93. The number of nitrogens with one attached hydrogen (secondary N) is 1. The molecule has 2 aromatic heterocycles. The Balaban J connectivity index is 1.33. The number of aromatic nitrogens is 1. The highest BCUT2D eigenvalue weighted by atomic mass is 35.5. The molecule has 0 aliphatic heterocycles. The van der Waals surface area contributed by atoms with Crippen LogP contribution < -0.4 is 5.32 Å². The molecule has 1 N–H and O–H groups in total. The molecule has 2 heterocycles. The number of hydrogen-bond acceptors (Lipinski definition) is 3. The van der Waals surface area contributed by atoms with Gasteiger partial charge in [-0.3, -0.25) is 4.79 Å². The summed E-state index contributed by atoms with van der Waals surface area (Å²) in [5, 5.41) is 6.12. The Morgan fingerprint density at radius 1 is 1.03 bits per heavy atom. The van der Waals surface area contributed by atoms with Crippen molar-refractivity contribution >= 4 is 51.0 Å². The summed E-state index contributed by atoms with van der Waals surface area (Å²) in [4.78, 5) is 19.9. The summed E-state index contributed by atoms with van der Waals surface area (Å²) in [5.41, 5.74) is 5.49. The van der Waals surface area contributed by atoms with Crippen LogP contribution in [0.5, 0.6) is 0 Å². The van der Waals surface area contributed by atoms with Gasteiger partial charge in [0, 0.05) is 51.4 Å². The monoisotopic (exact) mass is 529 g/mol. The highest BCUT2D eigenvalue weighted by Crippen LogP contribution is 2.40. The predicted octanol–water partition coefficient (Wildman–Crippen LogP) is 8.10. The van der Waals surface area contributed by atoms with Crippen molar-refractivity contribution in [3.63, 3.8) is 0 Å². The molecule has 0 atom stereocenters. The number of halogens is 1. The molecule has 0 unspecified atom stereocenters. The number of benzene rings is 2. The average Bonchev–Trinajstić information content (AvgIpc) is 3.47. The van der Waals surface area contributed by atoms with Gasteiger partial charge in [0.25, 0.3) is 5.91 Å². The SMILES string of the molecule is O=C(NC1CCCCC1)c1c(/N=C/c2cn(Cc3ccc(Cl)cc3)c3ccccc23)sc2c1CCCC2. The largest absolute Gasteiger partial charge is 0.349 e. The first-order valence-electron chi connectivity index (χ1n) is 13.5. The van der Waals surface area contributed by atoms with Crippen molar-refractivity contribution in [2.24, 2.45) is 4.99 Å². The van der Waals surface area contributed by atoms with E-state index in [-0.39, 0.29) is 5.91 Å². The topological polar surface area (TPSA) is 46.4 Å². The van der Waals surface area contributed by atoms with Crippen LogP contribution in [0.3, 0.4) is 0 Å². The number of thiophene rings is 1. The van der Waals surface area contributed by atoms with Crippen LogP contribution in [0.4, 0.5) is 5.00 Å². The second kappa shape index (κ2) is 10.8. The van der Waals surface area contributed by atoms with E-state index in [1.54, 1.807) is 11.3 Å². The lowest BCUT2D eigenvalue weighted by Crippen LogP contribution is -2.36. The van der Waals surface area contributed by atoms with Crippen molar-refractivity contribution < 1.29 is 4.79 Å². The molecule has 4 aromatic rings. The van der Waals surface area contributed by atoms with Crippen LogP contribution in [0.1, 0.15) is 76.9 Å². The Morgan fingerprint density at radius 2 is 1.81 bits per heavy atom. The van der Waals surface area contributed by atoms with E-state index in [0.29, 0.717) is 6.04 Å². The number of amides is 1. The second-order valence-corrected chi connectivity index (χ2v) is 11.8. The fourth-order valence-electron chi connectivity index (χ4n) is 5.80. The third-order valence-corrected chi connectivity index (χ3v) is 9.18. The minimum atomic E-state index is 0.0728. The van der Waals surface area contributed by atoms with Gasteiger partial charge in [0.2, 0.25) is 0 Å². The van der Waals surface area contributed by atoms with Crippen molar-refractivity contribution in [1.29, 1.82) is 0 Å². The smallest absolute Gasteiger partial charge is 0.254 e. The Bertz CT molecular complexity index is 1440. The molecule has 37 heavy (non-hydrogen) atoms. The molecular formula is C31H32ClN3OS. The summed E-state index contributed by atoms with van der Waals surface area (Å²) in [6.45, 7) is 0.758. The number of nitrogens with zero attached hydrogens (tertiary/aromatic N) is 2. The van der Waals surface area contributed by atoms with Gasteiger partial charge in [-0.15, -0.1) is 11.3 Å². The van der Waals surface area contributed by atoms with Gasteiger partial charge >= 0.3 is 0 Å². The van der Waals surface area contributed by atoms with Crippen LogP contribution in [0.15, 0.2) is 59.7 Å². The van der Waals surface area contributed by atoms with Gasteiger partial charge in [-0.1, -0.05) is 61.2 Å². The van der Waals surface area contributed by atoms with E-state index in [1.165, 1.54) is 47.2 Å². The van der Waals surface area contributed by atoms with Gasteiger partial charge in [0.1, 0.15) is 5.00 Å². The summed E-state index contributed by atoms with van der Waals surface area (Å²) in [6, 6.07) is 16.7. The number of hydrogen-bond donors (Lipinski definition) is 1. The number of fused-ring (bicyclic) bond motifs is 2. The van der Waals surface area contributed by atoms with E-state index in [9.17, 15) is 4.79 Å². The van der Waals surface area contributed by atoms with Crippen LogP contribution in [0, 0.1) is 0 Å². The highest BCUT2D eigenvalue weighted by Gasteiger charge is 2.27. The quantitative estimate of drug-likeness (QED) is 0.252. The van der Waals surface area contributed by atoms with E-state index in [2.05, 4.69) is 52.5 Å². The lowest BCUT2D eigenvalue weighted by Gasteiger charge is -2.23. The molecule has 0 radical (unpaired) electrons. The number of rotatable bonds is 6. The van der Waals surface area contributed by atoms with Crippen molar-refractivity contribution in [3.05, 3.63) is 86.9 Å². The molecular weight excluding hydrogens is 498 g/mol. The summed E-state index contributed by atoms with van der Waals surface area (Å²) < 4.78 is 2.26. The second-order valence-electron chi connectivity index (χ2n) is 10.3. The van der Waals surface area contributed by atoms with E-state index in [1.807, 2.05) is 18.3 Å². The summed E-state index contributed by atoms with van der Waals surface area (Å²) >= 11 is 7.80. The van der Waals surface area contributed by atoms with E-state index >= 15 is 0 Å². The van der Waals surface area contributed by atoms with Crippen molar-refractivity contribution in [2.45, 2.75) is 70.4 Å². The molecule has 0 bridgehead atoms. The molecule has 2 aliphatic rings. The molecule has 4 nitrogen and oxygen atoms in total. The van der Waals surface area contributed by atoms with Crippen LogP contribution in [0.25, 0.3) is 10.9 Å². The zero-order chi connectivity index (χ0) is 25.2. The van der Waals surface area contributed by atoms with Gasteiger partial charge in [-0.05, 0) is 67.9 Å². The highest BCUT2D eigenvalue weighted by molar-refractivity contribution is 7.16. The minimum Gasteiger partial charge on any atom is -0.349 e. The summed E-state index contributed by atoms with van der Waals surface area (Å²) in [6.07, 6.45) is 14.4. The van der Waals surface area contributed by atoms with E-state index in [4.69, 9.17) is 16.6 Å². The fourth-order valence-corrected chi connectivity index (χ4v) is 7.16. The maximum atomic E-state index is 13.5. The van der Waals surface area contributed by atoms with E-state index < -0.39 is 0 Å². The number of carbonyl (C=O) groups excluding carboxylic acids is 1. The summed E-state index contributed by atoms with van der Waals surface area (Å²) in [7, 11) is 0. The molecule has 0 spiro atoms. The van der Waals surface area contributed by atoms with Gasteiger partial charge in [-0.25, -0.2) is 4.99 Å². The molecule has 2 aromatic carbocycles. The van der Waals surface area contributed by atoms with Crippen molar-refractivity contribution in [2.75, 3.05) is 0 Å². The lowest BCUT2D eigenvalue weighted by molar-refractivity contribution is 0.0927. The molecule has 6 rings (SSSR count). The van der Waals surface area contributed by atoms with Crippen LogP contribution in [0.2, 0.25) is 5.02 Å². The Morgan fingerprint density at radius 3 is 2.65 bits per heavy atom. The minimum absolute atomic E-state index is 0.0728. The Labute approximate surface area is 227 Å². The standard InChI is InChI=1S/C31H32ClN3OS/c32-23-16-14-21(15-17-23)19-35-20-22(25-10-4-6-12-27(25)35)18-33-31-29(26-11-5-7-13-28(26)37-31)30(36)34-24-8-2-1-3-9-24/h4,6,10,12,14-18,20,24H,1-3,5,7-9,11,13,19H2,(H,34,36)/b33-18+. The molecule has 1 amide bonds. The zero-order valence-electron chi connectivity index (χ0n) is 21.0. The molecule has 2 aliphatic carbocycles. The van der Waals surface area contributed by atoms with Crippen molar-refractivity contribution in [3.8, 4) is 0 Å². The molecule has 1 saturated carbocycles. The third kappa shape index (κ3) is 5.25. The first-order valence-corrected chi connectivity index (χ1v) is 14.7. The normalized spacial score (nSPS) is 16.4. The van der Waals surface area contributed by atoms with E-state index in [0.717, 1.165) is 65.2 Å². The first kappa shape index (κ1) is 24.4. The number of aliphatic imine (C=N–C) groups is 1. The maximum Gasteiger partial charge on any atom is 0.254 e. The average molecular weight is 530 g/mol. The maximum absolute atomic E-state index is 13.5. The Hall–Kier alpha value is -2.89. The van der Waals surface area contributed by atoms with Gasteiger partial charge in [0.05, 0.1) is 5.56 Å².